The van der Waals surface area contributed by atoms with E-state index in [1.807, 2.05) is 31.2 Å². The Bertz CT molecular complexity index is 760. The third-order valence-electron chi connectivity index (χ3n) is 4.37. The number of quaternary nitrogens is 1. The number of para-hydroxylation sites is 1. The number of aryl methyl sites for hydroxylation is 1. The summed E-state index contributed by atoms with van der Waals surface area (Å²) in [4.78, 5) is 25.6. The van der Waals surface area contributed by atoms with Gasteiger partial charge < -0.3 is 20.3 Å². The molecule has 1 atom stereocenters. The lowest BCUT2D eigenvalue weighted by Crippen LogP contribution is -3.13. The van der Waals surface area contributed by atoms with E-state index in [2.05, 4.69) is 17.6 Å². The molecule has 2 aromatic rings. The van der Waals surface area contributed by atoms with Gasteiger partial charge in [0.2, 0.25) is 0 Å². The van der Waals surface area contributed by atoms with Crippen molar-refractivity contribution in [3.05, 3.63) is 54.1 Å². The lowest BCUT2D eigenvalue weighted by atomic mass is 10.1. The molecule has 3 N–H and O–H groups in total. The number of anilines is 2. The first-order chi connectivity index (χ1) is 13.0. The van der Waals surface area contributed by atoms with Crippen molar-refractivity contribution in [3.8, 4) is 5.75 Å². The minimum Gasteiger partial charge on any atom is -0.497 e. The summed E-state index contributed by atoms with van der Waals surface area (Å²) in [6.07, 6.45) is 0.852. The van der Waals surface area contributed by atoms with Gasteiger partial charge in [0.15, 0.2) is 13.1 Å². The van der Waals surface area contributed by atoms with Crippen LogP contribution in [0.1, 0.15) is 19.4 Å². The Morgan fingerprint density at radius 3 is 2.15 bits per heavy atom. The van der Waals surface area contributed by atoms with E-state index in [1.54, 1.807) is 31.4 Å². The van der Waals surface area contributed by atoms with Crippen molar-refractivity contribution in [2.24, 2.45) is 0 Å². The molecular weight excluding hydrogens is 342 g/mol. The van der Waals surface area contributed by atoms with Crippen molar-refractivity contribution in [2.75, 3.05) is 37.4 Å². The van der Waals surface area contributed by atoms with Crippen LogP contribution in [0.5, 0.6) is 5.75 Å². The quantitative estimate of drug-likeness (QED) is 0.630. The molecule has 0 bridgehead atoms. The Labute approximate surface area is 160 Å². The standard InChI is InChI=1S/C21H27N3O3/c1-4-16-8-6-7-9-19(16)23-21(26)15-24(5-2)14-20(25)22-17-10-12-18(27-3)13-11-17/h6-13H,4-5,14-15H2,1-3H3,(H,22,25)(H,23,26)/p+1. The van der Waals surface area contributed by atoms with Gasteiger partial charge in [0.25, 0.3) is 11.8 Å². The van der Waals surface area contributed by atoms with Crippen LogP contribution in [0.4, 0.5) is 11.4 Å². The largest absolute Gasteiger partial charge is 0.497 e. The highest BCUT2D eigenvalue weighted by Crippen LogP contribution is 2.15. The van der Waals surface area contributed by atoms with Crippen molar-refractivity contribution in [2.45, 2.75) is 20.3 Å². The van der Waals surface area contributed by atoms with Crippen LogP contribution >= 0.6 is 0 Å². The normalized spacial score (nSPS) is 11.5. The maximum absolute atomic E-state index is 12.4. The number of benzene rings is 2. The first-order valence-corrected chi connectivity index (χ1v) is 9.20. The van der Waals surface area contributed by atoms with E-state index < -0.39 is 0 Å². The van der Waals surface area contributed by atoms with Crippen molar-refractivity contribution in [1.82, 2.24) is 0 Å². The van der Waals surface area contributed by atoms with Gasteiger partial charge in [-0.15, -0.1) is 0 Å². The monoisotopic (exact) mass is 370 g/mol. The van der Waals surface area contributed by atoms with E-state index in [9.17, 15) is 9.59 Å². The van der Waals surface area contributed by atoms with Crippen molar-refractivity contribution in [1.29, 1.82) is 0 Å². The molecule has 6 heteroatoms. The van der Waals surface area contributed by atoms with Crippen molar-refractivity contribution < 1.29 is 19.2 Å². The molecule has 0 fully saturated rings. The minimum atomic E-state index is -0.126. The summed E-state index contributed by atoms with van der Waals surface area (Å²) in [6, 6.07) is 14.9. The fraction of sp³-hybridized carbons (Fsp3) is 0.333. The third-order valence-corrected chi connectivity index (χ3v) is 4.37. The zero-order chi connectivity index (χ0) is 19.6. The van der Waals surface area contributed by atoms with Gasteiger partial charge in [-0.25, -0.2) is 0 Å². The van der Waals surface area contributed by atoms with Gasteiger partial charge in [0.1, 0.15) is 5.75 Å². The van der Waals surface area contributed by atoms with Crippen LogP contribution in [0, 0.1) is 0 Å². The summed E-state index contributed by atoms with van der Waals surface area (Å²) in [5.41, 5.74) is 2.64. The smallest absolute Gasteiger partial charge is 0.279 e. The third kappa shape index (κ3) is 6.42. The summed E-state index contributed by atoms with van der Waals surface area (Å²) in [6.45, 7) is 5.16. The molecule has 0 saturated heterocycles. The maximum Gasteiger partial charge on any atom is 0.279 e. The van der Waals surface area contributed by atoms with Crippen LogP contribution < -0.4 is 20.3 Å². The predicted octanol–water partition coefficient (Wildman–Crippen LogP) is 1.74. The molecule has 2 amide bonds. The molecule has 144 valence electrons. The number of rotatable bonds is 9. The van der Waals surface area contributed by atoms with Gasteiger partial charge in [0, 0.05) is 11.4 Å². The molecule has 0 saturated carbocycles. The van der Waals surface area contributed by atoms with Gasteiger partial charge in [-0.2, -0.15) is 0 Å². The molecule has 0 aliphatic heterocycles. The first-order valence-electron chi connectivity index (χ1n) is 9.20. The topological polar surface area (TPSA) is 71.9 Å². The highest BCUT2D eigenvalue weighted by Gasteiger charge is 2.17. The Hall–Kier alpha value is -2.86. The van der Waals surface area contributed by atoms with Gasteiger partial charge in [-0.05, 0) is 49.2 Å². The van der Waals surface area contributed by atoms with E-state index in [4.69, 9.17) is 4.74 Å². The second kappa shape index (κ2) is 10.3. The maximum atomic E-state index is 12.4. The van der Waals surface area contributed by atoms with Crippen LogP contribution in [-0.2, 0) is 16.0 Å². The number of carbonyl (C=O) groups excluding carboxylic acids is 2. The summed E-state index contributed by atoms with van der Waals surface area (Å²) in [7, 11) is 1.60. The molecule has 0 aliphatic carbocycles. The summed E-state index contributed by atoms with van der Waals surface area (Å²) in [5.74, 6) is 0.515. The highest BCUT2D eigenvalue weighted by molar-refractivity contribution is 5.93. The zero-order valence-corrected chi connectivity index (χ0v) is 16.2. The first kappa shape index (κ1) is 20.5. The molecule has 0 radical (unpaired) electrons. The number of carbonyl (C=O) groups is 2. The molecule has 2 rings (SSSR count). The van der Waals surface area contributed by atoms with Gasteiger partial charge >= 0.3 is 0 Å². The van der Waals surface area contributed by atoms with Gasteiger partial charge in [-0.1, -0.05) is 25.1 Å². The molecule has 2 aromatic carbocycles. The second-order valence-corrected chi connectivity index (χ2v) is 6.29. The van der Waals surface area contributed by atoms with E-state index in [0.717, 1.165) is 28.3 Å². The van der Waals surface area contributed by atoms with Crippen LogP contribution in [-0.4, -0.2) is 38.6 Å². The number of hydrogen-bond acceptors (Lipinski definition) is 3. The van der Waals surface area contributed by atoms with Crippen LogP contribution in [0.15, 0.2) is 48.5 Å². The zero-order valence-electron chi connectivity index (χ0n) is 16.2. The molecule has 0 aliphatic rings. The molecule has 0 aromatic heterocycles. The summed E-state index contributed by atoms with van der Waals surface area (Å²) < 4.78 is 5.10. The Morgan fingerprint density at radius 1 is 0.926 bits per heavy atom. The SMILES string of the molecule is CCc1ccccc1NC(=O)C[NH+](CC)CC(=O)Nc1ccc(OC)cc1. The van der Waals surface area contributed by atoms with Crippen molar-refractivity contribution >= 4 is 23.2 Å². The second-order valence-electron chi connectivity index (χ2n) is 6.29. The lowest BCUT2D eigenvalue weighted by molar-refractivity contribution is -0.881. The predicted molar refractivity (Wildman–Crippen MR) is 107 cm³/mol. The molecule has 0 spiro atoms. The van der Waals surface area contributed by atoms with E-state index in [-0.39, 0.29) is 24.9 Å². The summed E-state index contributed by atoms with van der Waals surface area (Å²) >= 11 is 0. The number of methoxy groups -OCH3 is 1. The van der Waals surface area contributed by atoms with Gasteiger partial charge in [-0.3, -0.25) is 9.59 Å². The number of hydrogen-bond donors (Lipinski definition) is 3. The fourth-order valence-corrected chi connectivity index (χ4v) is 2.79. The lowest BCUT2D eigenvalue weighted by Gasteiger charge is -2.17. The minimum absolute atomic E-state index is 0.0926. The molecule has 1 unspecified atom stereocenters. The van der Waals surface area contributed by atoms with Crippen LogP contribution in [0.2, 0.25) is 0 Å². The number of likely N-dealkylation sites (N-methyl/N-ethyl adjacent to an activating group) is 1. The molecule has 27 heavy (non-hydrogen) atoms. The highest BCUT2D eigenvalue weighted by atomic mass is 16.5. The van der Waals surface area contributed by atoms with Gasteiger partial charge in [0.05, 0.1) is 13.7 Å². The Kier molecular flexibility index (Phi) is 7.82. The average molecular weight is 370 g/mol. The van der Waals surface area contributed by atoms with E-state index >= 15 is 0 Å². The van der Waals surface area contributed by atoms with E-state index in [1.165, 1.54) is 0 Å². The molecule has 6 nitrogen and oxygen atoms in total. The summed E-state index contributed by atoms with van der Waals surface area (Å²) in [5, 5.41) is 5.81. The molecule has 0 heterocycles. The van der Waals surface area contributed by atoms with Crippen LogP contribution in [0.3, 0.4) is 0 Å². The number of amides is 2. The Balaban J connectivity index is 1.88. The van der Waals surface area contributed by atoms with Crippen LogP contribution in [0.25, 0.3) is 0 Å². The molecular formula is C21H28N3O3+. The number of nitrogens with one attached hydrogen (secondary N) is 3. The number of ether oxygens (including phenoxy) is 1. The average Bonchev–Trinajstić information content (AvgIpc) is 2.68. The Morgan fingerprint density at radius 2 is 1.56 bits per heavy atom. The van der Waals surface area contributed by atoms with Crippen molar-refractivity contribution in [3.63, 3.8) is 0 Å². The fourth-order valence-electron chi connectivity index (χ4n) is 2.79. The van der Waals surface area contributed by atoms with E-state index in [0.29, 0.717) is 12.2 Å².